The molecule has 26 heavy (non-hydrogen) atoms. The zero-order chi connectivity index (χ0) is 17.9. The monoisotopic (exact) mass is 348 g/mol. The van der Waals surface area contributed by atoms with Gasteiger partial charge in [0.05, 0.1) is 4.92 Å². The first-order chi connectivity index (χ1) is 12.7. The fourth-order valence-corrected chi connectivity index (χ4v) is 2.99. The Morgan fingerprint density at radius 2 is 1.96 bits per heavy atom. The lowest BCUT2D eigenvalue weighted by Gasteiger charge is -2.26. The Morgan fingerprint density at radius 1 is 1.12 bits per heavy atom. The second kappa shape index (κ2) is 6.84. The summed E-state index contributed by atoms with van der Waals surface area (Å²) in [4.78, 5) is 14.1. The lowest BCUT2D eigenvalue weighted by molar-refractivity contribution is -0.385. The first-order valence-corrected chi connectivity index (χ1v) is 8.32. The van der Waals surface area contributed by atoms with Crippen molar-refractivity contribution in [3.63, 3.8) is 0 Å². The van der Waals surface area contributed by atoms with Crippen LogP contribution in [0.25, 0.3) is 0 Å². The number of fused-ring (bicyclic) bond motifs is 1. The van der Waals surface area contributed by atoms with Crippen molar-refractivity contribution in [1.29, 1.82) is 0 Å². The Labute approximate surface area is 150 Å². The summed E-state index contributed by atoms with van der Waals surface area (Å²) in [5, 5.41) is 10.7. The van der Waals surface area contributed by atoms with E-state index in [4.69, 9.17) is 9.47 Å². The van der Waals surface area contributed by atoms with Gasteiger partial charge < -0.3 is 9.47 Å². The molecule has 4 rings (SSSR count). The van der Waals surface area contributed by atoms with Crippen LogP contribution >= 0.6 is 0 Å². The van der Waals surface area contributed by atoms with E-state index in [1.807, 2.05) is 36.4 Å². The van der Waals surface area contributed by atoms with E-state index in [2.05, 4.69) is 17.1 Å². The van der Waals surface area contributed by atoms with Gasteiger partial charge in [0.1, 0.15) is 23.8 Å². The van der Waals surface area contributed by atoms with Crippen molar-refractivity contribution in [2.75, 3.05) is 0 Å². The van der Waals surface area contributed by atoms with Crippen LogP contribution in [0.1, 0.15) is 23.7 Å². The molecule has 1 unspecified atom stereocenters. The largest absolute Gasteiger partial charge is 0.485 e. The van der Waals surface area contributed by atoms with Gasteiger partial charge in [-0.25, -0.2) is 4.98 Å². The number of aromatic nitrogens is 1. The van der Waals surface area contributed by atoms with Crippen LogP contribution < -0.4 is 9.47 Å². The maximum atomic E-state index is 10.7. The highest BCUT2D eigenvalue weighted by Gasteiger charge is 2.21. The van der Waals surface area contributed by atoms with Crippen LogP contribution in [0.3, 0.4) is 0 Å². The minimum absolute atomic E-state index is 0.0619. The minimum Gasteiger partial charge on any atom is -0.485 e. The highest BCUT2D eigenvalue weighted by molar-refractivity contribution is 5.43. The zero-order valence-corrected chi connectivity index (χ0v) is 13.9. The van der Waals surface area contributed by atoms with Crippen molar-refractivity contribution in [2.45, 2.75) is 18.9 Å². The average Bonchev–Trinajstić information content (AvgIpc) is 2.69. The van der Waals surface area contributed by atoms with E-state index in [-0.39, 0.29) is 11.8 Å². The predicted octanol–water partition coefficient (Wildman–Crippen LogP) is 4.85. The number of nitro groups is 1. The molecule has 2 heterocycles. The Kier molecular flexibility index (Phi) is 4.23. The van der Waals surface area contributed by atoms with E-state index in [1.54, 1.807) is 0 Å². The van der Waals surface area contributed by atoms with Gasteiger partial charge >= 0.3 is 0 Å². The predicted molar refractivity (Wildman–Crippen MR) is 95.5 cm³/mol. The molecule has 1 aliphatic rings. The molecule has 0 radical (unpaired) electrons. The topological polar surface area (TPSA) is 74.5 Å². The van der Waals surface area contributed by atoms with Gasteiger partial charge in [0.25, 0.3) is 5.69 Å². The Bertz CT molecular complexity index is 926. The fraction of sp³-hybridized carbons (Fsp3) is 0.150. The SMILES string of the molecule is O=[N+]([O-])c1ccc(Oc2ccc3c(c2)CCC(c2ccccc2)O3)nc1. The summed E-state index contributed by atoms with van der Waals surface area (Å²) in [5.41, 5.74) is 2.19. The summed E-state index contributed by atoms with van der Waals surface area (Å²) in [6, 6.07) is 18.7. The first-order valence-electron chi connectivity index (χ1n) is 8.32. The molecule has 0 aliphatic carbocycles. The third-order valence-electron chi connectivity index (χ3n) is 4.30. The lowest BCUT2D eigenvalue weighted by Crippen LogP contribution is -2.15. The van der Waals surface area contributed by atoms with E-state index in [0.29, 0.717) is 11.6 Å². The highest BCUT2D eigenvalue weighted by atomic mass is 16.6. The summed E-state index contributed by atoms with van der Waals surface area (Å²) < 4.78 is 11.8. The molecular formula is C20H16N2O4. The molecule has 6 nitrogen and oxygen atoms in total. The van der Waals surface area contributed by atoms with Crippen LogP contribution in [-0.2, 0) is 6.42 Å². The molecule has 0 N–H and O–H groups in total. The second-order valence-corrected chi connectivity index (χ2v) is 6.04. The lowest BCUT2D eigenvalue weighted by atomic mass is 9.97. The summed E-state index contributed by atoms with van der Waals surface area (Å²) in [7, 11) is 0. The quantitative estimate of drug-likeness (QED) is 0.498. The van der Waals surface area contributed by atoms with E-state index in [9.17, 15) is 10.1 Å². The first kappa shape index (κ1) is 16.1. The van der Waals surface area contributed by atoms with Gasteiger partial charge in [-0.3, -0.25) is 10.1 Å². The van der Waals surface area contributed by atoms with Crippen LogP contribution in [0.2, 0.25) is 0 Å². The van der Waals surface area contributed by atoms with E-state index in [1.165, 1.54) is 23.9 Å². The van der Waals surface area contributed by atoms with Gasteiger partial charge in [0.2, 0.25) is 5.88 Å². The number of benzene rings is 2. The number of nitrogens with zero attached hydrogens (tertiary/aromatic N) is 2. The maximum Gasteiger partial charge on any atom is 0.287 e. The van der Waals surface area contributed by atoms with Crippen LogP contribution in [0.4, 0.5) is 5.69 Å². The third-order valence-corrected chi connectivity index (χ3v) is 4.30. The van der Waals surface area contributed by atoms with Crippen LogP contribution in [0.15, 0.2) is 66.9 Å². The van der Waals surface area contributed by atoms with Crippen molar-refractivity contribution in [3.8, 4) is 17.4 Å². The van der Waals surface area contributed by atoms with Gasteiger partial charge in [-0.05, 0) is 42.2 Å². The van der Waals surface area contributed by atoms with Gasteiger partial charge in [0.15, 0.2) is 0 Å². The maximum absolute atomic E-state index is 10.7. The normalized spacial score (nSPS) is 15.6. The molecule has 0 fully saturated rings. The highest BCUT2D eigenvalue weighted by Crippen LogP contribution is 2.37. The zero-order valence-electron chi connectivity index (χ0n) is 13.9. The van der Waals surface area contributed by atoms with Crippen molar-refractivity contribution < 1.29 is 14.4 Å². The number of aryl methyl sites for hydroxylation is 1. The van der Waals surface area contributed by atoms with Crippen molar-refractivity contribution in [2.24, 2.45) is 0 Å². The van der Waals surface area contributed by atoms with Crippen molar-refractivity contribution >= 4 is 5.69 Å². The molecule has 2 aromatic carbocycles. The number of hydrogen-bond donors (Lipinski definition) is 0. The molecular weight excluding hydrogens is 332 g/mol. The van der Waals surface area contributed by atoms with E-state index >= 15 is 0 Å². The summed E-state index contributed by atoms with van der Waals surface area (Å²) in [6.45, 7) is 0. The molecule has 0 saturated heterocycles. The Hall–Kier alpha value is -3.41. The molecule has 1 aromatic heterocycles. The van der Waals surface area contributed by atoms with Gasteiger partial charge in [-0.15, -0.1) is 0 Å². The smallest absolute Gasteiger partial charge is 0.287 e. The number of ether oxygens (including phenoxy) is 2. The molecule has 3 aromatic rings. The van der Waals surface area contributed by atoms with Gasteiger partial charge in [-0.2, -0.15) is 0 Å². The van der Waals surface area contributed by atoms with Crippen LogP contribution in [-0.4, -0.2) is 9.91 Å². The fourth-order valence-electron chi connectivity index (χ4n) is 2.99. The number of pyridine rings is 1. The molecule has 0 spiro atoms. The summed E-state index contributed by atoms with van der Waals surface area (Å²) in [5.74, 6) is 1.80. The molecule has 130 valence electrons. The number of hydrogen-bond acceptors (Lipinski definition) is 5. The van der Waals surface area contributed by atoms with E-state index < -0.39 is 4.92 Å². The van der Waals surface area contributed by atoms with Crippen molar-refractivity contribution in [1.82, 2.24) is 4.98 Å². The molecule has 6 heteroatoms. The standard InChI is InChI=1S/C20H16N2O4/c23-22(24)16-7-11-20(21-13-16)25-17-8-10-19-15(12-17)6-9-18(26-19)14-4-2-1-3-5-14/h1-5,7-8,10-13,18H,6,9H2. The molecule has 0 bridgehead atoms. The van der Waals surface area contributed by atoms with Gasteiger partial charge in [-0.1, -0.05) is 30.3 Å². The molecule has 0 amide bonds. The Morgan fingerprint density at radius 3 is 2.69 bits per heavy atom. The van der Waals surface area contributed by atoms with Gasteiger partial charge in [0, 0.05) is 12.1 Å². The molecule has 0 saturated carbocycles. The molecule has 1 atom stereocenters. The minimum atomic E-state index is -0.490. The van der Waals surface area contributed by atoms with E-state index in [0.717, 1.165) is 24.2 Å². The second-order valence-electron chi connectivity index (χ2n) is 6.04. The average molecular weight is 348 g/mol. The van der Waals surface area contributed by atoms with Crippen LogP contribution in [0, 0.1) is 10.1 Å². The van der Waals surface area contributed by atoms with Crippen molar-refractivity contribution in [3.05, 3.63) is 88.1 Å². The summed E-state index contributed by atoms with van der Waals surface area (Å²) in [6.07, 6.45) is 3.03. The Balaban J connectivity index is 1.49. The molecule has 1 aliphatic heterocycles. The van der Waals surface area contributed by atoms with Crippen LogP contribution in [0.5, 0.6) is 17.4 Å². The summed E-state index contributed by atoms with van der Waals surface area (Å²) >= 11 is 0. The number of rotatable bonds is 4. The third kappa shape index (κ3) is 3.35.